The summed E-state index contributed by atoms with van der Waals surface area (Å²) in [5.41, 5.74) is 4.78. The number of hydrogen-bond donors (Lipinski definition) is 2. The average molecular weight is 515 g/mol. The highest BCUT2D eigenvalue weighted by molar-refractivity contribution is 6.30. The van der Waals surface area contributed by atoms with Crippen LogP contribution in [0.15, 0.2) is 48.5 Å². The first-order chi connectivity index (χ1) is 17.2. The zero-order valence-electron chi connectivity index (χ0n) is 20.6. The highest BCUT2D eigenvalue weighted by Gasteiger charge is 2.34. The fraction of sp³-hybridized carbons (Fsp3) is 0.407. The molecule has 2 aromatic rings. The minimum Gasteiger partial charge on any atom is -0.458 e. The third-order valence-electron chi connectivity index (χ3n) is 6.34. The number of hydrazine groups is 1. The van der Waals surface area contributed by atoms with Crippen molar-refractivity contribution in [3.05, 3.63) is 70.2 Å². The van der Waals surface area contributed by atoms with Gasteiger partial charge >= 0.3 is 11.9 Å². The van der Waals surface area contributed by atoms with Gasteiger partial charge in [-0.3, -0.25) is 20.4 Å². The van der Waals surface area contributed by atoms with Crippen LogP contribution in [0, 0.1) is 17.8 Å². The Kier molecular flexibility index (Phi) is 9.47. The molecule has 9 heteroatoms. The molecule has 3 atom stereocenters. The van der Waals surface area contributed by atoms with E-state index in [-0.39, 0.29) is 28.7 Å². The predicted octanol–water partition coefficient (Wildman–Crippen LogP) is 4.58. The van der Waals surface area contributed by atoms with Crippen LogP contribution in [-0.4, -0.2) is 36.5 Å². The molecule has 0 aromatic heterocycles. The van der Waals surface area contributed by atoms with Gasteiger partial charge in [-0.25, -0.2) is 9.59 Å². The Labute approximate surface area is 215 Å². The topological polar surface area (TPSA) is 111 Å². The molecule has 3 rings (SSSR count). The zero-order valence-corrected chi connectivity index (χ0v) is 21.3. The maximum atomic E-state index is 13.0. The summed E-state index contributed by atoms with van der Waals surface area (Å²) >= 11 is 5.79. The molecule has 1 saturated carbocycles. The highest BCUT2D eigenvalue weighted by Crippen LogP contribution is 2.35. The molecular formula is C27H31ClN2O6. The number of nitrogens with one attached hydrogen (secondary N) is 2. The number of carbonyl (C=O) groups is 4. The van der Waals surface area contributed by atoms with E-state index in [2.05, 4.69) is 31.6 Å². The van der Waals surface area contributed by atoms with Crippen LogP contribution in [0.25, 0.3) is 0 Å². The molecule has 0 aliphatic heterocycles. The smallest absolute Gasteiger partial charge is 0.339 e. The van der Waals surface area contributed by atoms with Gasteiger partial charge < -0.3 is 9.47 Å². The molecule has 0 saturated heterocycles. The molecule has 0 unspecified atom stereocenters. The summed E-state index contributed by atoms with van der Waals surface area (Å²) in [5.74, 6) is -1.66. The number of hydrogen-bond acceptors (Lipinski definition) is 6. The molecule has 1 fully saturated rings. The number of ether oxygens (including phenoxy) is 2. The van der Waals surface area contributed by atoms with Crippen molar-refractivity contribution in [1.82, 2.24) is 10.9 Å². The van der Waals surface area contributed by atoms with Gasteiger partial charge in [0.1, 0.15) is 6.10 Å². The van der Waals surface area contributed by atoms with Crippen molar-refractivity contribution in [1.29, 1.82) is 0 Å². The number of esters is 2. The Morgan fingerprint density at radius 2 is 1.58 bits per heavy atom. The van der Waals surface area contributed by atoms with Crippen molar-refractivity contribution in [2.45, 2.75) is 46.1 Å². The minimum absolute atomic E-state index is 0.00505. The Balaban J connectivity index is 1.56. The lowest BCUT2D eigenvalue weighted by Gasteiger charge is -2.36. The van der Waals surface area contributed by atoms with Gasteiger partial charge in [0.05, 0.1) is 11.1 Å². The summed E-state index contributed by atoms with van der Waals surface area (Å²) in [7, 11) is 0. The fourth-order valence-electron chi connectivity index (χ4n) is 4.34. The monoisotopic (exact) mass is 514 g/mol. The Bertz CT molecular complexity index is 1100. The minimum atomic E-state index is -0.848. The first-order valence-electron chi connectivity index (χ1n) is 12.0. The maximum absolute atomic E-state index is 13.0. The van der Waals surface area contributed by atoms with Crippen LogP contribution in [0.2, 0.25) is 5.02 Å². The average Bonchev–Trinajstić information content (AvgIpc) is 2.86. The Morgan fingerprint density at radius 3 is 2.22 bits per heavy atom. The zero-order chi connectivity index (χ0) is 26.2. The quantitative estimate of drug-likeness (QED) is 0.413. The SMILES string of the molecule is CC(C)[C@H]1CC[C@@H](C)C[C@H]1OC(=O)c1ccccc1C(=O)OCC(=O)NNC(=O)c1ccc(Cl)cc1. The lowest BCUT2D eigenvalue weighted by molar-refractivity contribution is -0.125. The van der Waals surface area contributed by atoms with Crippen LogP contribution < -0.4 is 10.9 Å². The van der Waals surface area contributed by atoms with Crippen LogP contribution in [0.3, 0.4) is 0 Å². The first kappa shape index (κ1) is 27.2. The summed E-state index contributed by atoms with van der Waals surface area (Å²) in [6.07, 6.45) is 2.65. The second-order valence-corrected chi connectivity index (χ2v) is 9.84. The third-order valence-corrected chi connectivity index (χ3v) is 6.59. The molecule has 36 heavy (non-hydrogen) atoms. The number of rotatable bonds is 7. The standard InChI is InChI=1S/C27H31ClN2O6/c1-16(2)20-13-8-17(3)14-23(20)36-27(34)22-7-5-4-6-21(22)26(33)35-15-24(31)29-30-25(32)18-9-11-19(28)12-10-18/h4-7,9-12,16-17,20,23H,8,13-15H2,1-3H3,(H,29,31)(H,30,32)/t17-,20-,23-/m1/s1. The summed E-state index contributed by atoms with van der Waals surface area (Å²) < 4.78 is 10.9. The molecular weight excluding hydrogens is 484 g/mol. The van der Waals surface area contributed by atoms with Gasteiger partial charge in [-0.1, -0.05) is 50.9 Å². The molecule has 0 bridgehead atoms. The van der Waals surface area contributed by atoms with E-state index < -0.39 is 30.4 Å². The maximum Gasteiger partial charge on any atom is 0.339 e. The molecule has 1 aliphatic carbocycles. The van der Waals surface area contributed by atoms with Gasteiger partial charge in [0.2, 0.25) is 0 Å². The van der Waals surface area contributed by atoms with Crippen molar-refractivity contribution in [2.24, 2.45) is 17.8 Å². The molecule has 8 nitrogen and oxygen atoms in total. The van der Waals surface area contributed by atoms with Crippen molar-refractivity contribution in [2.75, 3.05) is 6.61 Å². The van der Waals surface area contributed by atoms with E-state index in [1.165, 1.54) is 24.3 Å². The second-order valence-electron chi connectivity index (χ2n) is 9.40. The van der Waals surface area contributed by atoms with E-state index in [1.54, 1.807) is 24.3 Å². The predicted molar refractivity (Wildman–Crippen MR) is 134 cm³/mol. The molecule has 2 aromatic carbocycles. The molecule has 0 spiro atoms. The van der Waals surface area contributed by atoms with Crippen molar-refractivity contribution in [3.8, 4) is 0 Å². The van der Waals surface area contributed by atoms with E-state index in [4.69, 9.17) is 21.1 Å². The molecule has 2 amide bonds. The lowest BCUT2D eigenvalue weighted by Crippen LogP contribution is -2.43. The van der Waals surface area contributed by atoms with Gasteiger partial charge in [0, 0.05) is 10.6 Å². The number of benzene rings is 2. The summed E-state index contributed by atoms with van der Waals surface area (Å²) in [6.45, 7) is 5.73. The van der Waals surface area contributed by atoms with Gasteiger partial charge in [0.25, 0.3) is 11.8 Å². The Hall–Kier alpha value is -3.39. The molecule has 0 heterocycles. The van der Waals surface area contributed by atoms with Crippen molar-refractivity contribution in [3.63, 3.8) is 0 Å². The van der Waals surface area contributed by atoms with Gasteiger partial charge in [-0.15, -0.1) is 0 Å². The van der Waals surface area contributed by atoms with Crippen LogP contribution in [0.1, 0.15) is 71.1 Å². The summed E-state index contributed by atoms with van der Waals surface area (Å²) in [4.78, 5) is 49.8. The third kappa shape index (κ3) is 7.31. The van der Waals surface area contributed by atoms with E-state index in [1.807, 2.05) is 0 Å². The summed E-state index contributed by atoms with van der Waals surface area (Å²) in [5, 5.41) is 0.472. The van der Waals surface area contributed by atoms with E-state index in [9.17, 15) is 19.2 Å². The van der Waals surface area contributed by atoms with Crippen LogP contribution in [-0.2, 0) is 14.3 Å². The Morgan fingerprint density at radius 1 is 0.944 bits per heavy atom. The second kappa shape index (κ2) is 12.5. The number of halogens is 1. The van der Waals surface area contributed by atoms with Gasteiger partial charge in [-0.05, 0) is 67.0 Å². The van der Waals surface area contributed by atoms with Crippen LogP contribution >= 0.6 is 11.6 Å². The molecule has 2 N–H and O–H groups in total. The first-order valence-corrected chi connectivity index (χ1v) is 12.4. The number of amides is 2. The van der Waals surface area contributed by atoms with E-state index >= 15 is 0 Å². The normalized spacial score (nSPS) is 19.3. The molecule has 0 radical (unpaired) electrons. The fourth-order valence-corrected chi connectivity index (χ4v) is 4.46. The van der Waals surface area contributed by atoms with E-state index in [0.29, 0.717) is 16.9 Å². The van der Waals surface area contributed by atoms with E-state index in [0.717, 1.165) is 19.3 Å². The van der Waals surface area contributed by atoms with Crippen molar-refractivity contribution < 1.29 is 28.7 Å². The van der Waals surface area contributed by atoms with Crippen LogP contribution in [0.4, 0.5) is 0 Å². The highest BCUT2D eigenvalue weighted by atomic mass is 35.5. The largest absolute Gasteiger partial charge is 0.458 e. The van der Waals surface area contributed by atoms with Crippen LogP contribution in [0.5, 0.6) is 0 Å². The summed E-state index contributed by atoms with van der Waals surface area (Å²) in [6, 6.07) is 12.3. The molecule has 192 valence electrons. The molecule has 1 aliphatic rings. The van der Waals surface area contributed by atoms with Gasteiger partial charge in [-0.2, -0.15) is 0 Å². The lowest BCUT2D eigenvalue weighted by atomic mass is 9.75. The van der Waals surface area contributed by atoms with Gasteiger partial charge in [0.15, 0.2) is 6.61 Å². The van der Waals surface area contributed by atoms with Crippen molar-refractivity contribution >= 4 is 35.4 Å². The number of carbonyl (C=O) groups excluding carboxylic acids is 4.